The van der Waals surface area contributed by atoms with Gasteiger partial charge < -0.3 is 18.7 Å². The molecule has 0 aliphatic carbocycles. The Balaban J connectivity index is 1.66. The number of benzene rings is 1. The molecule has 166 valence electrons. The minimum Gasteiger partial charge on any atom is -0.493 e. The van der Waals surface area contributed by atoms with E-state index >= 15 is 0 Å². The van der Waals surface area contributed by atoms with Crippen LogP contribution in [0.3, 0.4) is 0 Å². The minimum atomic E-state index is 0.204. The van der Waals surface area contributed by atoms with Crippen LogP contribution >= 0.6 is 0 Å². The fourth-order valence-electron chi connectivity index (χ4n) is 4.37. The lowest BCUT2D eigenvalue weighted by atomic mass is 9.95. The van der Waals surface area contributed by atoms with Crippen LogP contribution in [0, 0.1) is 13.8 Å². The van der Waals surface area contributed by atoms with Crippen molar-refractivity contribution >= 4 is 0 Å². The number of H-pyrrole nitrogens is 1. The topological polar surface area (TPSA) is 85.6 Å². The number of likely N-dealkylation sites (tertiary alicyclic amines) is 1. The maximum atomic E-state index is 5.64. The summed E-state index contributed by atoms with van der Waals surface area (Å²) in [6, 6.07) is 4.24. The molecule has 2 aromatic heterocycles. The molecule has 1 atom stereocenters. The van der Waals surface area contributed by atoms with Gasteiger partial charge >= 0.3 is 0 Å². The standard InChI is InChI=1S/C23H30N4O4/c1-14-15(2)26-31-22(14)17-12-24-25-21(17)18-8-6-7-9-27(18)13-16-10-19(28-3)23(30-5)20(11-16)29-4/h10-12,18H,6-9,13H2,1-5H3,(H,24,25)/t18-/m0/s1. The molecule has 8 heteroatoms. The molecule has 0 saturated carbocycles. The normalized spacial score (nSPS) is 17.0. The molecule has 1 aliphatic rings. The number of aryl methyl sites for hydroxylation is 1. The highest BCUT2D eigenvalue weighted by molar-refractivity contribution is 5.64. The van der Waals surface area contributed by atoms with Gasteiger partial charge in [0.1, 0.15) is 0 Å². The zero-order chi connectivity index (χ0) is 22.0. The predicted molar refractivity (Wildman–Crippen MR) is 117 cm³/mol. The van der Waals surface area contributed by atoms with Crippen LogP contribution in [0.5, 0.6) is 17.2 Å². The fraction of sp³-hybridized carbons (Fsp3) is 0.478. The third-order valence-electron chi connectivity index (χ3n) is 6.13. The number of nitrogens with one attached hydrogen (secondary N) is 1. The van der Waals surface area contributed by atoms with E-state index in [9.17, 15) is 0 Å². The molecule has 3 aromatic rings. The van der Waals surface area contributed by atoms with Crippen LogP contribution in [-0.2, 0) is 6.54 Å². The number of hydrogen-bond donors (Lipinski definition) is 1. The number of rotatable bonds is 7. The molecule has 0 unspecified atom stereocenters. The molecule has 0 radical (unpaired) electrons. The van der Waals surface area contributed by atoms with Crippen LogP contribution in [0.1, 0.15) is 47.8 Å². The second-order valence-electron chi connectivity index (χ2n) is 7.94. The SMILES string of the molecule is COc1cc(CN2CCCC[C@H]2c2[nH]ncc2-c2onc(C)c2C)cc(OC)c1OC. The van der Waals surface area contributed by atoms with Crippen LogP contribution in [0.15, 0.2) is 22.9 Å². The molecule has 31 heavy (non-hydrogen) atoms. The van der Waals surface area contributed by atoms with Gasteiger partial charge in [0.15, 0.2) is 17.3 Å². The molecule has 4 rings (SSSR count). The summed E-state index contributed by atoms with van der Waals surface area (Å²) in [5, 5.41) is 11.7. The van der Waals surface area contributed by atoms with Crippen molar-refractivity contribution in [2.24, 2.45) is 0 Å². The van der Waals surface area contributed by atoms with Crippen LogP contribution in [0.25, 0.3) is 11.3 Å². The Kier molecular flexibility index (Phi) is 6.18. The maximum Gasteiger partial charge on any atom is 0.203 e. The van der Waals surface area contributed by atoms with E-state index in [1.54, 1.807) is 21.3 Å². The van der Waals surface area contributed by atoms with Crippen molar-refractivity contribution in [2.45, 2.75) is 45.7 Å². The number of piperidine rings is 1. The van der Waals surface area contributed by atoms with E-state index in [1.165, 1.54) is 6.42 Å². The first-order valence-electron chi connectivity index (χ1n) is 10.6. The molecule has 0 bridgehead atoms. The van der Waals surface area contributed by atoms with Crippen LogP contribution in [-0.4, -0.2) is 48.1 Å². The first-order valence-corrected chi connectivity index (χ1v) is 10.6. The second-order valence-corrected chi connectivity index (χ2v) is 7.94. The van der Waals surface area contributed by atoms with E-state index in [1.807, 2.05) is 32.2 Å². The number of aromatic nitrogens is 3. The molecule has 1 fully saturated rings. The van der Waals surface area contributed by atoms with E-state index in [2.05, 4.69) is 20.3 Å². The molecule has 1 saturated heterocycles. The number of ether oxygens (including phenoxy) is 3. The van der Waals surface area contributed by atoms with Crippen LogP contribution in [0.2, 0.25) is 0 Å². The van der Waals surface area contributed by atoms with Gasteiger partial charge in [-0.05, 0) is 50.9 Å². The number of aromatic amines is 1. The minimum absolute atomic E-state index is 0.204. The average molecular weight is 427 g/mol. The van der Waals surface area contributed by atoms with Gasteiger partial charge in [-0.15, -0.1) is 0 Å². The number of nitrogens with zero attached hydrogens (tertiary/aromatic N) is 3. The highest BCUT2D eigenvalue weighted by atomic mass is 16.5. The quantitative estimate of drug-likeness (QED) is 0.598. The molecule has 8 nitrogen and oxygen atoms in total. The molecular formula is C23H30N4O4. The Bertz CT molecular complexity index is 1020. The second kappa shape index (κ2) is 9.01. The summed E-state index contributed by atoms with van der Waals surface area (Å²) < 4.78 is 22.2. The molecule has 0 spiro atoms. The van der Waals surface area contributed by atoms with Crippen LogP contribution in [0.4, 0.5) is 0 Å². The Hall–Kier alpha value is -3.00. The smallest absolute Gasteiger partial charge is 0.203 e. The van der Waals surface area contributed by atoms with Gasteiger partial charge in [0.25, 0.3) is 0 Å². The van der Waals surface area contributed by atoms with Gasteiger partial charge in [-0.3, -0.25) is 10.00 Å². The van der Waals surface area contributed by atoms with E-state index in [0.717, 1.165) is 59.8 Å². The monoisotopic (exact) mass is 426 g/mol. The van der Waals surface area contributed by atoms with Gasteiger partial charge in [0, 0.05) is 12.1 Å². The average Bonchev–Trinajstić information content (AvgIpc) is 3.40. The van der Waals surface area contributed by atoms with Gasteiger partial charge in [0.05, 0.1) is 50.5 Å². The van der Waals surface area contributed by atoms with Crippen molar-refractivity contribution in [3.63, 3.8) is 0 Å². The summed E-state index contributed by atoms with van der Waals surface area (Å²) >= 11 is 0. The Morgan fingerprint density at radius 3 is 2.45 bits per heavy atom. The third-order valence-corrected chi connectivity index (χ3v) is 6.13. The van der Waals surface area contributed by atoms with E-state index in [4.69, 9.17) is 18.7 Å². The first kappa shape index (κ1) is 21.2. The van der Waals surface area contributed by atoms with E-state index in [-0.39, 0.29) is 6.04 Å². The maximum absolute atomic E-state index is 5.64. The zero-order valence-corrected chi connectivity index (χ0v) is 18.8. The molecule has 3 heterocycles. The van der Waals surface area contributed by atoms with E-state index in [0.29, 0.717) is 17.2 Å². The summed E-state index contributed by atoms with van der Waals surface area (Å²) in [5.74, 6) is 2.73. The van der Waals surface area contributed by atoms with Gasteiger partial charge in [-0.25, -0.2) is 0 Å². The molecule has 0 amide bonds. The van der Waals surface area contributed by atoms with Gasteiger partial charge in [-0.1, -0.05) is 11.6 Å². The summed E-state index contributed by atoms with van der Waals surface area (Å²) in [5.41, 5.74) is 5.12. The lowest BCUT2D eigenvalue weighted by molar-refractivity contribution is 0.137. The number of methoxy groups -OCH3 is 3. The highest BCUT2D eigenvalue weighted by Crippen LogP contribution is 2.41. The van der Waals surface area contributed by atoms with Crippen LogP contribution < -0.4 is 14.2 Å². The lowest BCUT2D eigenvalue weighted by Crippen LogP contribution is -2.33. The summed E-state index contributed by atoms with van der Waals surface area (Å²) in [4.78, 5) is 2.47. The number of hydrogen-bond acceptors (Lipinski definition) is 7. The van der Waals surface area contributed by atoms with Crippen molar-refractivity contribution in [2.75, 3.05) is 27.9 Å². The summed E-state index contributed by atoms with van der Waals surface area (Å²) in [6.45, 7) is 5.74. The third kappa shape index (κ3) is 3.99. The predicted octanol–water partition coefficient (Wildman–Crippen LogP) is 4.43. The Morgan fingerprint density at radius 2 is 1.84 bits per heavy atom. The van der Waals surface area contributed by atoms with Crippen molar-refractivity contribution in [1.82, 2.24) is 20.3 Å². The first-order chi connectivity index (χ1) is 15.1. The molecule has 1 aromatic carbocycles. The van der Waals surface area contributed by atoms with Crippen molar-refractivity contribution in [3.05, 3.63) is 40.8 Å². The lowest BCUT2D eigenvalue weighted by Gasteiger charge is -2.35. The largest absolute Gasteiger partial charge is 0.493 e. The molecular weight excluding hydrogens is 396 g/mol. The fourth-order valence-corrected chi connectivity index (χ4v) is 4.37. The van der Waals surface area contributed by atoms with Gasteiger partial charge in [0.2, 0.25) is 5.75 Å². The highest BCUT2D eigenvalue weighted by Gasteiger charge is 2.30. The van der Waals surface area contributed by atoms with Crippen molar-refractivity contribution < 1.29 is 18.7 Å². The van der Waals surface area contributed by atoms with Crippen molar-refractivity contribution in [3.8, 4) is 28.6 Å². The summed E-state index contributed by atoms with van der Waals surface area (Å²) in [6.07, 6.45) is 5.22. The summed E-state index contributed by atoms with van der Waals surface area (Å²) in [7, 11) is 4.90. The van der Waals surface area contributed by atoms with E-state index < -0.39 is 0 Å². The van der Waals surface area contributed by atoms with Gasteiger partial charge in [-0.2, -0.15) is 5.10 Å². The Morgan fingerprint density at radius 1 is 1.10 bits per heavy atom. The molecule has 1 N–H and O–H groups in total. The Labute approximate surface area is 182 Å². The molecule has 1 aliphatic heterocycles. The zero-order valence-electron chi connectivity index (χ0n) is 18.8. The van der Waals surface area contributed by atoms with Crippen molar-refractivity contribution in [1.29, 1.82) is 0 Å².